The molecule has 1 atom stereocenters. The first-order chi connectivity index (χ1) is 14.6. The number of nitriles is 1. The molecule has 0 saturated carbocycles. The molecule has 7 nitrogen and oxygen atoms in total. The quantitative estimate of drug-likeness (QED) is 0.398. The van der Waals surface area contributed by atoms with Crippen molar-refractivity contribution >= 4 is 39.3 Å². The summed E-state index contributed by atoms with van der Waals surface area (Å²) in [4.78, 5) is 23.6. The van der Waals surface area contributed by atoms with Crippen LogP contribution >= 0.6 is 11.3 Å². The highest BCUT2D eigenvalue weighted by Crippen LogP contribution is 2.32. The Bertz CT molecular complexity index is 1420. The molecule has 5 rings (SSSR count). The molecule has 0 spiro atoms. The number of para-hydroxylation sites is 2. The molecule has 0 unspecified atom stereocenters. The Hall–Kier alpha value is -3.83. The second kappa shape index (κ2) is 6.90. The fraction of sp³-hybridized carbons (Fsp3) is 0.136. The number of hydrogen-bond acceptors (Lipinski definition) is 7. The Morgan fingerprint density at radius 1 is 1.23 bits per heavy atom. The highest BCUT2D eigenvalue weighted by molar-refractivity contribution is 7.13. The number of nitrogens with zero attached hydrogens (tertiary/aromatic N) is 5. The van der Waals surface area contributed by atoms with Gasteiger partial charge in [0, 0.05) is 12.6 Å². The van der Waals surface area contributed by atoms with Gasteiger partial charge in [0.2, 0.25) is 5.89 Å². The average molecular weight is 413 g/mol. The van der Waals surface area contributed by atoms with Gasteiger partial charge < -0.3 is 4.42 Å². The molecule has 0 fully saturated rings. The zero-order valence-electron chi connectivity index (χ0n) is 16.2. The van der Waals surface area contributed by atoms with Gasteiger partial charge in [0.1, 0.15) is 5.52 Å². The van der Waals surface area contributed by atoms with Crippen LogP contribution in [-0.2, 0) is 7.05 Å². The molecule has 4 aromatic heterocycles. The average Bonchev–Trinajstić information content (AvgIpc) is 3.47. The zero-order valence-corrected chi connectivity index (χ0v) is 17.0. The third-order valence-electron chi connectivity index (χ3n) is 4.96. The minimum Gasteiger partial charge on any atom is -0.439 e. The van der Waals surface area contributed by atoms with E-state index in [4.69, 9.17) is 9.40 Å². The zero-order chi connectivity index (χ0) is 20.8. The Labute approximate surface area is 175 Å². The lowest BCUT2D eigenvalue weighted by Gasteiger charge is -2.09. The van der Waals surface area contributed by atoms with E-state index in [1.807, 2.05) is 36.6 Å². The summed E-state index contributed by atoms with van der Waals surface area (Å²) >= 11 is 1.53. The normalized spacial score (nSPS) is 12.3. The predicted molar refractivity (Wildman–Crippen MR) is 113 cm³/mol. The highest BCUT2D eigenvalue weighted by Gasteiger charge is 2.30. The van der Waals surface area contributed by atoms with Gasteiger partial charge in [-0.3, -0.25) is 9.48 Å². The van der Waals surface area contributed by atoms with Crippen molar-refractivity contribution in [1.82, 2.24) is 19.7 Å². The molecule has 0 bridgehead atoms. The summed E-state index contributed by atoms with van der Waals surface area (Å²) in [5.74, 6) is -1.46. The lowest BCUT2D eigenvalue weighted by atomic mass is 9.95. The number of fused-ring (bicyclic) bond motifs is 2. The van der Waals surface area contributed by atoms with E-state index in [0.717, 1.165) is 4.88 Å². The Balaban J connectivity index is 1.70. The van der Waals surface area contributed by atoms with Crippen LogP contribution in [0.1, 0.15) is 27.9 Å². The van der Waals surface area contributed by atoms with Crippen LogP contribution in [0.4, 0.5) is 0 Å². The molecule has 0 N–H and O–H groups in total. The van der Waals surface area contributed by atoms with E-state index in [0.29, 0.717) is 39.1 Å². The van der Waals surface area contributed by atoms with E-state index in [-0.39, 0.29) is 11.7 Å². The summed E-state index contributed by atoms with van der Waals surface area (Å²) in [7, 11) is 1.79. The Kier molecular flexibility index (Phi) is 4.19. The Morgan fingerprint density at radius 2 is 2.07 bits per heavy atom. The van der Waals surface area contributed by atoms with Crippen LogP contribution in [0.15, 0.2) is 52.3 Å². The van der Waals surface area contributed by atoms with E-state index < -0.39 is 5.92 Å². The van der Waals surface area contributed by atoms with Crippen LogP contribution in [0.25, 0.3) is 32.7 Å². The SMILES string of the molecule is Cc1nn(C)c2nc(-c3cccs3)cc(C(=O)[C@H](C#N)c3nc4ccccc4o3)c12. The van der Waals surface area contributed by atoms with Crippen molar-refractivity contribution in [2.45, 2.75) is 12.8 Å². The number of pyridine rings is 1. The minimum atomic E-state index is -1.17. The molecule has 0 aliphatic rings. The van der Waals surface area contributed by atoms with Crippen molar-refractivity contribution in [2.24, 2.45) is 7.05 Å². The van der Waals surface area contributed by atoms with Crippen LogP contribution < -0.4 is 0 Å². The molecule has 0 radical (unpaired) electrons. The molecule has 0 aliphatic carbocycles. The smallest absolute Gasteiger partial charge is 0.220 e. The molecule has 0 amide bonds. The number of rotatable bonds is 4. The Morgan fingerprint density at radius 3 is 2.80 bits per heavy atom. The summed E-state index contributed by atoms with van der Waals surface area (Å²) in [5.41, 5.74) is 3.47. The fourth-order valence-electron chi connectivity index (χ4n) is 3.58. The minimum absolute atomic E-state index is 0.0906. The third-order valence-corrected chi connectivity index (χ3v) is 5.85. The van der Waals surface area contributed by atoms with Crippen molar-refractivity contribution in [2.75, 3.05) is 0 Å². The first kappa shape index (κ1) is 18.2. The maximum Gasteiger partial charge on any atom is 0.220 e. The number of benzene rings is 1. The first-order valence-corrected chi connectivity index (χ1v) is 10.1. The molecule has 1 aromatic carbocycles. The summed E-state index contributed by atoms with van der Waals surface area (Å²) in [6.07, 6.45) is 0. The molecular weight excluding hydrogens is 398 g/mol. The topological polar surface area (TPSA) is 97.6 Å². The van der Waals surface area contributed by atoms with E-state index in [2.05, 4.69) is 16.2 Å². The van der Waals surface area contributed by atoms with Crippen LogP contribution in [0.2, 0.25) is 0 Å². The number of carbonyl (C=O) groups is 1. The molecule has 0 aliphatic heterocycles. The number of Topliss-reactive ketones (excluding diaryl/α,β-unsaturated/α-hetero) is 1. The molecule has 8 heteroatoms. The van der Waals surface area contributed by atoms with Crippen LogP contribution in [-0.4, -0.2) is 25.5 Å². The van der Waals surface area contributed by atoms with Crippen molar-refractivity contribution < 1.29 is 9.21 Å². The third kappa shape index (κ3) is 2.79. The van der Waals surface area contributed by atoms with Crippen LogP contribution in [0.5, 0.6) is 0 Å². The summed E-state index contributed by atoms with van der Waals surface area (Å²) in [6.45, 7) is 1.83. The van der Waals surface area contributed by atoms with Gasteiger partial charge in [-0.1, -0.05) is 18.2 Å². The van der Waals surface area contributed by atoms with Gasteiger partial charge in [-0.05, 0) is 36.6 Å². The van der Waals surface area contributed by atoms with Gasteiger partial charge in [-0.2, -0.15) is 10.4 Å². The monoisotopic (exact) mass is 413 g/mol. The van der Waals surface area contributed by atoms with E-state index >= 15 is 0 Å². The number of aryl methyl sites for hydroxylation is 2. The van der Waals surface area contributed by atoms with Gasteiger partial charge in [0.05, 0.1) is 27.7 Å². The van der Waals surface area contributed by atoms with Gasteiger partial charge in [-0.15, -0.1) is 11.3 Å². The van der Waals surface area contributed by atoms with Crippen molar-refractivity contribution in [1.29, 1.82) is 5.26 Å². The van der Waals surface area contributed by atoms with E-state index in [1.165, 1.54) is 11.3 Å². The number of ketones is 1. The van der Waals surface area contributed by atoms with Crippen LogP contribution in [0.3, 0.4) is 0 Å². The van der Waals surface area contributed by atoms with Crippen molar-refractivity contribution in [3.8, 4) is 16.6 Å². The molecule has 146 valence electrons. The van der Waals surface area contributed by atoms with Crippen LogP contribution in [0, 0.1) is 18.3 Å². The summed E-state index contributed by atoms with van der Waals surface area (Å²) in [5, 5.41) is 16.9. The molecular formula is C22H15N5O2S. The first-order valence-electron chi connectivity index (χ1n) is 9.24. The molecule has 0 saturated heterocycles. The number of thiophene rings is 1. The summed E-state index contributed by atoms with van der Waals surface area (Å²) in [6, 6.07) is 14.9. The van der Waals surface area contributed by atoms with E-state index in [9.17, 15) is 10.1 Å². The largest absolute Gasteiger partial charge is 0.439 e. The number of aromatic nitrogens is 4. The second-order valence-corrected chi connectivity index (χ2v) is 7.83. The van der Waals surface area contributed by atoms with Crippen molar-refractivity contribution in [3.05, 3.63) is 65.0 Å². The van der Waals surface area contributed by atoms with Gasteiger partial charge in [0.25, 0.3) is 0 Å². The number of carbonyl (C=O) groups excluding carboxylic acids is 1. The number of oxazole rings is 1. The molecule has 30 heavy (non-hydrogen) atoms. The fourth-order valence-corrected chi connectivity index (χ4v) is 4.27. The lowest BCUT2D eigenvalue weighted by Crippen LogP contribution is -2.13. The maximum atomic E-state index is 13.6. The second-order valence-electron chi connectivity index (χ2n) is 6.89. The maximum absolute atomic E-state index is 13.6. The number of hydrogen-bond donors (Lipinski definition) is 0. The van der Waals surface area contributed by atoms with E-state index in [1.54, 1.807) is 29.9 Å². The van der Waals surface area contributed by atoms with Crippen molar-refractivity contribution in [3.63, 3.8) is 0 Å². The predicted octanol–water partition coefficient (Wildman–Crippen LogP) is 4.64. The highest BCUT2D eigenvalue weighted by atomic mass is 32.1. The lowest BCUT2D eigenvalue weighted by molar-refractivity contribution is 0.0972. The summed E-state index contributed by atoms with van der Waals surface area (Å²) < 4.78 is 7.38. The molecule has 5 aromatic rings. The molecule has 4 heterocycles. The van der Waals surface area contributed by atoms with Gasteiger partial charge in [-0.25, -0.2) is 9.97 Å². The van der Waals surface area contributed by atoms with Gasteiger partial charge in [0.15, 0.2) is 22.9 Å². The standard InChI is InChI=1S/C22H15N5O2S/c1-12-19-13(10-16(18-8-5-9-30-18)24-21(19)27(2)26-12)20(28)14(11-23)22-25-15-6-3-4-7-17(15)29-22/h3-10,14H,1-2H3/t14-/m0/s1. The van der Waals surface area contributed by atoms with Gasteiger partial charge >= 0.3 is 0 Å².